The summed E-state index contributed by atoms with van der Waals surface area (Å²) in [6, 6.07) is 15.6. The van der Waals surface area contributed by atoms with Crippen LogP contribution in [0.3, 0.4) is 0 Å². The Kier molecular flexibility index (Phi) is 5.56. The maximum atomic E-state index is 12.3. The molecule has 132 valence electrons. The third kappa shape index (κ3) is 4.51. The fraction of sp³-hybridized carbons (Fsp3) is 0.350. The van der Waals surface area contributed by atoms with E-state index in [1.165, 1.54) is 5.56 Å². The molecule has 1 N–H and O–H groups in total. The molecule has 1 fully saturated rings. The highest BCUT2D eigenvalue weighted by Crippen LogP contribution is 2.47. The number of methoxy groups -OCH3 is 2. The molecule has 1 amide bonds. The normalized spacial score (nSPS) is 18.5. The van der Waals surface area contributed by atoms with Crippen LogP contribution in [-0.2, 0) is 16.1 Å². The summed E-state index contributed by atoms with van der Waals surface area (Å²) >= 11 is 0. The van der Waals surface area contributed by atoms with Crippen LogP contribution in [0, 0.1) is 5.92 Å². The minimum atomic E-state index is 0.0593. The zero-order chi connectivity index (χ0) is 17.6. The highest BCUT2D eigenvalue weighted by molar-refractivity contribution is 5.82. The van der Waals surface area contributed by atoms with Crippen molar-refractivity contribution >= 4 is 5.91 Å². The number of hydrogen-bond donors (Lipinski definition) is 1. The zero-order valence-electron chi connectivity index (χ0n) is 14.5. The average molecular weight is 341 g/mol. The Balaban J connectivity index is 1.48. The molecular formula is C20H23NO4. The summed E-state index contributed by atoms with van der Waals surface area (Å²) in [7, 11) is 3.23. The van der Waals surface area contributed by atoms with Crippen molar-refractivity contribution in [3.8, 4) is 11.5 Å². The smallest absolute Gasteiger partial charge is 0.224 e. The van der Waals surface area contributed by atoms with E-state index < -0.39 is 0 Å². The highest BCUT2D eigenvalue weighted by atomic mass is 16.7. The topological polar surface area (TPSA) is 56.8 Å². The van der Waals surface area contributed by atoms with Gasteiger partial charge in [0.05, 0.1) is 7.11 Å². The first-order valence-corrected chi connectivity index (χ1v) is 8.33. The van der Waals surface area contributed by atoms with E-state index in [0.29, 0.717) is 12.5 Å². The first-order valence-electron chi connectivity index (χ1n) is 8.33. The Bertz CT molecular complexity index is 697. The number of hydrogen-bond acceptors (Lipinski definition) is 4. The van der Waals surface area contributed by atoms with Crippen molar-refractivity contribution in [2.24, 2.45) is 5.92 Å². The summed E-state index contributed by atoms with van der Waals surface area (Å²) < 4.78 is 15.4. The lowest BCUT2D eigenvalue weighted by Gasteiger charge is -2.07. The first kappa shape index (κ1) is 17.3. The van der Waals surface area contributed by atoms with Crippen LogP contribution in [0.1, 0.15) is 23.5 Å². The second-order valence-corrected chi connectivity index (χ2v) is 6.13. The van der Waals surface area contributed by atoms with Crippen LogP contribution in [0.25, 0.3) is 0 Å². The number of nitrogens with one attached hydrogen (secondary N) is 1. The monoisotopic (exact) mass is 341 g/mol. The minimum absolute atomic E-state index is 0.0593. The number of ether oxygens (including phenoxy) is 3. The van der Waals surface area contributed by atoms with E-state index in [1.54, 1.807) is 14.2 Å². The van der Waals surface area contributed by atoms with Crippen LogP contribution in [0.2, 0.25) is 0 Å². The van der Waals surface area contributed by atoms with Crippen molar-refractivity contribution in [3.05, 3.63) is 59.7 Å². The molecule has 3 rings (SSSR count). The van der Waals surface area contributed by atoms with Crippen LogP contribution in [-0.4, -0.2) is 26.9 Å². The summed E-state index contributed by atoms with van der Waals surface area (Å²) in [4.78, 5) is 12.3. The lowest BCUT2D eigenvalue weighted by Crippen LogP contribution is -2.24. The van der Waals surface area contributed by atoms with Gasteiger partial charge in [-0.1, -0.05) is 24.3 Å². The molecule has 2 unspecified atom stereocenters. The Morgan fingerprint density at radius 1 is 1.04 bits per heavy atom. The molecule has 1 aliphatic rings. The lowest BCUT2D eigenvalue weighted by atomic mass is 10.1. The van der Waals surface area contributed by atoms with E-state index in [2.05, 4.69) is 5.32 Å². The van der Waals surface area contributed by atoms with Gasteiger partial charge in [-0.15, -0.1) is 0 Å². The molecule has 1 aliphatic carbocycles. The molecule has 0 saturated heterocycles. The van der Waals surface area contributed by atoms with Gasteiger partial charge in [0.1, 0.15) is 11.5 Å². The van der Waals surface area contributed by atoms with Crippen molar-refractivity contribution in [1.82, 2.24) is 5.32 Å². The Hall–Kier alpha value is -2.53. The predicted molar refractivity (Wildman–Crippen MR) is 94.6 cm³/mol. The number of carbonyl (C=O) groups is 1. The molecular weight excluding hydrogens is 318 g/mol. The third-order valence-corrected chi connectivity index (χ3v) is 4.40. The first-order chi connectivity index (χ1) is 12.2. The molecule has 0 spiro atoms. The molecule has 0 heterocycles. The van der Waals surface area contributed by atoms with Crippen LogP contribution in [0.4, 0.5) is 0 Å². The van der Waals surface area contributed by atoms with E-state index in [9.17, 15) is 4.79 Å². The SMILES string of the molecule is COCOc1ccc(C2CC2C(=O)NCc2ccc(OC)cc2)cc1. The van der Waals surface area contributed by atoms with Gasteiger partial charge in [-0.3, -0.25) is 4.79 Å². The largest absolute Gasteiger partial charge is 0.497 e. The van der Waals surface area contributed by atoms with Gasteiger partial charge < -0.3 is 19.5 Å². The van der Waals surface area contributed by atoms with Crippen LogP contribution < -0.4 is 14.8 Å². The average Bonchev–Trinajstić information content (AvgIpc) is 3.46. The van der Waals surface area contributed by atoms with Gasteiger partial charge in [-0.2, -0.15) is 0 Å². The van der Waals surface area contributed by atoms with Gasteiger partial charge in [-0.25, -0.2) is 0 Å². The predicted octanol–water partition coefficient (Wildman–Crippen LogP) is 3.10. The van der Waals surface area contributed by atoms with Crippen molar-refractivity contribution in [2.75, 3.05) is 21.0 Å². The maximum absolute atomic E-state index is 12.3. The summed E-state index contributed by atoms with van der Waals surface area (Å²) in [6.45, 7) is 0.773. The number of amides is 1. The fourth-order valence-electron chi connectivity index (χ4n) is 2.86. The molecule has 5 nitrogen and oxygen atoms in total. The van der Waals surface area contributed by atoms with Crippen LogP contribution in [0.5, 0.6) is 11.5 Å². The van der Waals surface area contributed by atoms with E-state index in [0.717, 1.165) is 23.5 Å². The Morgan fingerprint density at radius 2 is 1.72 bits per heavy atom. The van der Waals surface area contributed by atoms with Gasteiger partial charge in [0.15, 0.2) is 6.79 Å². The molecule has 0 aliphatic heterocycles. The molecule has 2 aromatic carbocycles. The molecule has 1 saturated carbocycles. The number of rotatable bonds is 8. The van der Waals surface area contributed by atoms with E-state index in [1.807, 2.05) is 48.5 Å². The lowest BCUT2D eigenvalue weighted by molar-refractivity contribution is -0.122. The molecule has 0 aromatic heterocycles. The van der Waals surface area contributed by atoms with Gasteiger partial charge in [0, 0.05) is 19.6 Å². The second-order valence-electron chi connectivity index (χ2n) is 6.13. The summed E-state index contributed by atoms with van der Waals surface area (Å²) in [5, 5.41) is 3.02. The van der Waals surface area contributed by atoms with Crippen molar-refractivity contribution in [1.29, 1.82) is 0 Å². The number of benzene rings is 2. The van der Waals surface area contributed by atoms with E-state index in [4.69, 9.17) is 14.2 Å². The van der Waals surface area contributed by atoms with Gasteiger partial charge in [0.2, 0.25) is 5.91 Å². The summed E-state index contributed by atoms with van der Waals surface area (Å²) in [5.74, 6) is 2.05. The van der Waals surface area contributed by atoms with Crippen molar-refractivity contribution in [3.63, 3.8) is 0 Å². The summed E-state index contributed by atoms with van der Waals surface area (Å²) in [6.07, 6.45) is 0.896. The third-order valence-electron chi connectivity index (χ3n) is 4.40. The molecule has 25 heavy (non-hydrogen) atoms. The second kappa shape index (κ2) is 8.03. The maximum Gasteiger partial charge on any atom is 0.224 e. The molecule has 2 aromatic rings. The molecule has 0 radical (unpaired) electrons. The number of carbonyl (C=O) groups excluding carboxylic acids is 1. The fourth-order valence-corrected chi connectivity index (χ4v) is 2.86. The van der Waals surface area contributed by atoms with Crippen molar-refractivity contribution in [2.45, 2.75) is 18.9 Å². The van der Waals surface area contributed by atoms with Crippen LogP contribution >= 0.6 is 0 Å². The van der Waals surface area contributed by atoms with E-state index in [-0.39, 0.29) is 18.6 Å². The minimum Gasteiger partial charge on any atom is -0.497 e. The Morgan fingerprint density at radius 3 is 2.36 bits per heavy atom. The van der Waals surface area contributed by atoms with E-state index >= 15 is 0 Å². The Labute approximate surface area is 147 Å². The molecule has 0 bridgehead atoms. The molecule has 2 atom stereocenters. The zero-order valence-corrected chi connectivity index (χ0v) is 14.5. The highest BCUT2D eigenvalue weighted by Gasteiger charge is 2.43. The van der Waals surface area contributed by atoms with Crippen molar-refractivity contribution < 1.29 is 19.0 Å². The van der Waals surface area contributed by atoms with Gasteiger partial charge >= 0.3 is 0 Å². The quantitative estimate of drug-likeness (QED) is 0.750. The molecule has 5 heteroatoms. The summed E-state index contributed by atoms with van der Waals surface area (Å²) in [5.41, 5.74) is 2.24. The van der Waals surface area contributed by atoms with Crippen LogP contribution in [0.15, 0.2) is 48.5 Å². The standard InChI is InChI=1S/C20H23NO4/c1-23-13-25-17-9-5-15(6-10-17)18-11-19(18)20(22)21-12-14-3-7-16(24-2)8-4-14/h3-10,18-19H,11-13H2,1-2H3,(H,21,22). The van der Waals surface area contributed by atoms with Gasteiger partial charge in [0.25, 0.3) is 0 Å². The van der Waals surface area contributed by atoms with Gasteiger partial charge in [-0.05, 0) is 47.7 Å².